The molecule has 0 spiro atoms. The van der Waals surface area contributed by atoms with E-state index in [2.05, 4.69) is 5.32 Å². The summed E-state index contributed by atoms with van der Waals surface area (Å²) in [6.07, 6.45) is 0. The number of rotatable bonds is 6. The summed E-state index contributed by atoms with van der Waals surface area (Å²) in [5.41, 5.74) is -0.120. The Morgan fingerprint density at radius 3 is 2.36 bits per heavy atom. The molecule has 0 radical (unpaired) electrons. The molecule has 0 aromatic heterocycles. The molecule has 0 heterocycles. The van der Waals surface area contributed by atoms with Gasteiger partial charge in [0.05, 0.1) is 22.5 Å². The summed E-state index contributed by atoms with van der Waals surface area (Å²) in [7, 11) is 0. The largest absolute Gasteiger partial charge is 0.494 e. The molecule has 0 aliphatic carbocycles. The summed E-state index contributed by atoms with van der Waals surface area (Å²) in [6, 6.07) is 8.03. The minimum Gasteiger partial charge on any atom is -0.494 e. The van der Waals surface area contributed by atoms with Crippen LogP contribution in [0.15, 0.2) is 36.4 Å². The van der Waals surface area contributed by atoms with E-state index in [1.165, 1.54) is 30.3 Å². The fourth-order valence-electron chi connectivity index (χ4n) is 2.17. The maximum Gasteiger partial charge on any atom is 0.296 e. The molecule has 0 fully saturated rings. The molecule has 2 aromatic carbocycles. The van der Waals surface area contributed by atoms with Crippen LogP contribution >= 0.6 is 0 Å². The number of nitrogens with one attached hydrogen (secondary N) is 1. The second kappa shape index (κ2) is 7.39. The van der Waals surface area contributed by atoms with E-state index in [1.807, 2.05) is 0 Å². The molecule has 0 saturated carbocycles. The van der Waals surface area contributed by atoms with Crippen molar-refractivity contribution in [3.63, 3.8) is 0 Å². The first-order valence-electron chi connectivity index (χ1n) is 7.31. The average molecular weight is 345 g/mol. The number of nitro benzene ring substituents is 2. The van der Waals surface area contributed by atoms with Crippen LogP contribution in [0.5, 0.6) is 5.75 Å². The van der Waals surface area contributed by atoms with E-state index >= 15 is 0 Å². The van der Waals surface area contributed by atoms with Gasteiger partial charge in [-0.3, -0.25) is 25.0 Å². The number of hydrogen-bond donors (Lipinski definition) is 1. The molecule has 9 heteroatoms. The first-order chi connectivity index (χ1) is 11.8. The monoisotopic (exact) mass is 345 g/mol. The van der Waals surface area contributed by atoms with Crippen molar-refractivity contribution in [1.82, 2.24) is 0 Å². The van der Waals surface area contributed by atoms with Crippen molar-refractivity contribution in [3.05, 3.63) is 67.8 Å². The van der Waals surface area contributed by atoms with Crippen molar-refractivity contribution >= 4 is 23.0 Å². The molecular weight excluding hydrogens is 330 g/mol. The van der Waals surface area contributed by atoms with E-state index in [9.17, 15) is 25.0 Å². The summed E-state index contributed by atoms with van der Waals surface area (Å²) in [5, 5.41) is 24.6. The summed E-state index contributed by atoms with van der Waals surface area (Å²) >= 11 is 0. The predicted octanol–water partition coefficient (Wildman–Crippen LogP) is 3.46. The molecule has 0 aliphatic rings. The van der Waals surface area contributed by atoms with E-state index in [4.69, 9.17) is 4.74 Å². The summed E-state index contributed by atoms with van der Waals surface area (Å²) in [5.74, 6) is -0.381. The third kappa shape index (κ3) is 4.08. The Morgan fingerprint density at radius 1 is 1.08 bits per heavy atom. The molecule has 0 atom stereocenters. The zero-order valence-corrected chi connectivity index (χ0v) is 13.5. The molecule has 9 nitrogen and oxygen atoms in total. The van der Waals surface area contributed by atoms with Crippen LogP contribution in [0.2, 0.25) is 0 Å². The van der Waals surface area contributed by atoms with Crippen LogP contribution in [0.1, 0.15) is 22.8 Å². The third-order valence-electron chi connectivity index (χ3n) is 3.39. The van der Waals surface area contributed by atoms with Crippen LogP contribution in [0.25, 0.3) is 0 Å². The zero-order valence-electron chi connectivity index (χ0n) is 13.5. The minimum atomic E-state index is -0.685. The summed E-state index contributed by atoms with van der Waals surface area (Å²) < 4.78 is 5.20. The lowest BCUT2D eigenvalue weighted by molar-refractivity contribution is -0.385. The molecule has 0 saturated heterocycles. The van der Waals surface area contributed by atoms with Gasteiger partial charge in [0.15, 0.2) is 0 Å². The molecular formula is C16H15N3O6. The quantitative estimate of drug-likeness (QED) is 0.631. The van der Waals surface area contributed by atoms with E-state index in [0.717, 1.165) is 6.07 Å². The van der Waals surface area contributed by atoms with Gasteiger partial charge >= 0.3 is 0 Å². The molecule has 0 unspecified atom stereocenters. The number of carbonyl (C=O) groups excluding carboxylic acids is 1. The Kier molecular flexibility index (Phi) is 5.28. The SMILES string of the molecule is CCOc1ccc(NC(=O)c2ccc(C)c([N+](=O)[O-])c2)c([N+](=O)[O-])c1. The van der Waals surface area contributed by atoms with Crippen LogP contribution in [0.4, 0.5) is 17.1 Å². The van der Waals surface area contributed by atoms with Crippen molar-refractivity contribution in [2.75, 3.05) is 11.9 Å². The second-order valence-electron chi connectivity index (χ2n) is 5.08. The molecule has 2 aromatic rings. The Labute approximate surface area is 142 Å². The number of benzene rings is 2. The number of nitrogens with zero attached hydrogens (tertiary/aromatic N) is 2. The highest BCUT2D eigenvalue weighted by Crippen LogP contribution is 2.30. The Morgan fingerprint density at radius 2 is 1.76 bits per heavy atom. The number of carbonyl (C=O) groups is 1. The highest BCUT2D eigenvalue weighted by Gasteiger charge is 2.20. The van der Waals surface area contributed by atoms with Gasteiger partial charge in [0.2, 0.25) is 0 Å². The van der Waals surface area contributed by atoms with Gasteiger partial charge in [-0.25, -0.2) is 0 Å². The van der Waals surface area contributed by atoms with Crippen LogP contribution in [0.3, 0.4) is 0 Å². The van der Waals surface area contributed by atoms with Gasteiger partial charge in [-0.1, -0.05) is 6.07 Å². The minimum absolute atomic E-state index is 0.0262. The van der Waals surface area contributed by atoms with Crippen LogP contribution in [-0.2, 0) is 0 Å². The van der Waals surface area contributed by atoms with Gasteiger partial charge in [-0.05, 0) is 32.0 Å². The maximum atomic E-state index is 12.3. The van der Waals surface area contributed by atoms with Crippen molar-refractivity contribution in [1.29, 1.82) is 0 Å². The molecule has 1 N–H and O–H groups in total. The highest BCUT2D eigenvalue weighted by atomic mass is 16.6. The summed E-state index contributed by atoms with van der Waals surface area (Å²) in [6.45, 7) is 3.64. The van der Waals surface area contributed by atoms with Gasteiger partial charge in [-0.15, -0.1) is 0 Å². The van der Waals surface area contributed by atoms with E-state index in [0.29, 0.717) is 17.9 Å². The molecule has 0 bridgehead atoms. The standard InChI is InChI=1S/C16H15N3O6/c1-3-25-12-6-7-13(15(9-12)19(23)24)17-16(20)11-5-4-10(2)14(8-11)18(21)22/h4-9H,3H2,1-2H3,(H,17,20). The lowest BCUT2D eigenvalue weighted by atomic mass is 10.1. The maximum absolute atomic E-state index is 12.3. The number of nitro groups is 2. The molecule has 25 heavy (non-hydrogen) atoms. The van der Waals surface area contributed by atoms with Gasteiger partial charge in [-0.2, -0.15) is 0 Å². The van der Waals surface area contributed by atoms with Crippen LogP contribution < -0.4 is 10.1 Å². The lowest BCUT2D eigenvalue weighted by Crippen LogP contribution is -2.13. The molecule has 130 valence electrons. The number of aryl methyl sites for hydroxylation is 1. The number of amides is 1. The Hall–Kier alpha value is -3.49. The number of ether oxygens (including phenoxy) is 1. The topological polar surface area (TPSA) is 125 Å². The Balaban J connectivity index is 2.33. The first-order valence-corrected chi connectivity index (χ1v) is 7.31. The van der Waals surface area contributed by atoms with Crippen LogP contribution in [-0.4, -0.2) is 22.4 Å². The fourth-order valence-corrected chi connectivity index (χ4v) is 2.17. The number of hydrogen-bond acceptors (Lipinski definition) is 6. The van der Waals surface area contributed by atoms with E-state index in [1.54, 1.807) is 13.8 Å². The van der Waals surface area contributed by atoms with Crippen molar-refractivity contribution in [2.45, 2.75) is 13.8 Å². The lowest BCUT2D eigenvalue weighted by Gasteiger charge is -2.09. The van der Waals surface area contributed by atoms with Gasteiger partial charge in [0, 0.05) is 17.2 Å². The third-order valence-corrected chi connectivity index (χ3v) is 3.39. The predicted molar refractivity (Wildman–Crippen MR) is 90.1 cm³/mol. The van der Waals surface area contributed by atoms with Gasteiger partial charge in [0.1, 0.15) is 11.4 Å². The van der Waals surface area contributed by atoms with Crippen molar-refractivity contribution in [2.24, 2.45) is 0 Å². The van der Waals surface area contributed by atoms with Crippen LogP contribution in [0, 0.1) is 27.2 Å². The molecule has 1 amide bonds. The second-order valence-corrected chi connectivity index (χ2v) is 5.08. The fraction of sp³-hybridized carbons (Fsp3) is 0.188. The number of anilines is 1. The zero-order chi connectivity index (χ0) is 18.6. The normalized spacial score (nSPS) is 10.2. The first kappa shape index (κ1) is 17.9. The van der Waals surface area contributed by atoms with Gasteiger partial charge in [0.25, 0.3) is 17.3 Å². The van der Waals surface area contributed by atoms with Gasteiger partial charge < -0.3 is 10.1 Å². The van der Waals surface area contributed by atoms with Crippen molar-refractivity contribution < 1.29 is 19.4 Å². The highest BCUT2D eigenvalue weighted by molar-refractivity contribution is 6.05. The Bertz CT molecular complexity index is 850. The molecule has 0 aliphatic heterocycles. The van der Waals surface area contributed by atoms with E-state index in [-0.39, 0.29) is 22.6 Å². The average Bonchev–Trinajstić information content (AvgIpc) is 2.56. The smallest absolute Gasteiger partial charge is 0.296 e. The van der Waals surface area contributed by atoms with E-state index < -0.39 is 15.8 Å². The summed E-state index contributed by atoms with van der Waals surface area (Å²) in [4.78, 5) is 33.2. The van der Waals surface area contributed by atoms with Crippen molar-refractivity contribution in [3.8, 4) is 5.75 Å². The molecule has 2 rings (SSSR count).